The van der Waals surface area contributed by atoms with Gasteiger partial charge in [0.15, 0.2) is 4.99 Å². The van der Waals surface area contributed by atoms with Crippen molar-refractivity contribution in [3.63, 3.8) is 0 Å². The molecule has 0 bridgehead atoms. The summed E-state index contributed by atoms with van der Waals surface area (Å²) in [5, 5.41) is 9.27. The van der Waals surface area contributed by atoms with E-state index in [0.29, 0.717) is 15.5 Å². The molecule has 2 aromatic rings. The molecule has 0 spiro atoms. The fraction of sp³-hybridized carbons (Fsp3) is 0. The van der Waals surface area contributed by atoms with Gasteiger partial charge in [0.2, 0.25) is 0 Å². The highest BCUT2D eigenvalue weighted by Crippen LogP contribution is 2.21. The molecule has 1 aliphatic rings. The van der Waals surface area contributed by atoms with Gasteiger partial charge in [-0.05, 0) is 17.7 Å². The molecule has 0 saturated heterocycles. The normalized spacial score (nSPS) is 14.2. The number of amides is 1. The number of anilines is 1. The second-order valence-corrected chi connectivity index (χ2v) is 5.19. The number of carbonyl (C=O) groups is 1. The van der Waals surface area contributed by atoms with Crippen molar-refractivity contribution in [2.45, 2.75) is 0 Å². The lowest BCUT2D eigenvalue weighted by atomic mass is 10.1. The van der Waals surface area contributed by atoms with Gasteiger partial charge in [-0.3, -0.25) is 9.69 Å². The number of rotatable bonds is 2. The van der Waals surface area contributed by atoms with Crippen LogP contribution in [-0.2, 0) is 4.79 Å². The van der Waals surface area contributed by atoms with Gasteiger partial charge in [-0.2, -0.15) is 5.26 Å². The van der Waals surface area contributed by atoms with Gasteiger partial charge in [0, 0.05) is 0 Å². The molecule has 1 aliphatic heterocycles. The molecule has 1 heterocycles. The molecule has 0 aromatic heterocycles. The molecule has 2 aromatic carbocycles. The highest BCUT2D eigenvalue weighted by Gasteiger charge is 2.30. The van der Waals surface area contributed by atoms with Gasteiger partial charge in [-0.1, -0.05) is 48.5 Å². The Hall–Kier alpha value is -2.64. The van der Waals surface area contributed by atoms with Crippen molar-refractivity contribution in [1.82, 2.24) is 0 Å². The standard InChI is InChI=1S/C16H10N2OS/c17-11-14-18(13-9-5-2-6-10-13)16(19)15(20-14)12-7-3-1-4-8-12/h1-10H. The molecule has 0 atom stereocenters. The summed E-state index contributed by atoms with van der Waals surface area (Å²) in [7, 11) is 1.22. The van der Waals surface area contributed by atoms with Crippen LogP contribution in [0, 0.1) is 11.3 Å². The third-order valence-corrected chi connectivity index (χ3v) is 4.03. The Bertz CT molecular complexity index is 769. The molecule has 0 aliphatic carbocycles. The van der Waals surface area contributed by atoms with E-state index in [2.05, 4.69) is 6.07 Å². The molecule has 0 fully saturated rings. The second-order valence-electron chi connectivity index (χ2n) is 4.19. The van der Waals surface area contributed by atoms with Gasteiger partial charge in [0.1, 0.15) is 10.9 Å². The maximum atomic E-state index is 12.6. The highest BCUT2D eigenvalue weighted by molar-refractivity contribution is 8.01. The van der Waals surface area contributed by atoms with Crippen LogP contribution in [-0.4, -0.2) is 15.8 Å². The topological polar surface area (TPSA) is 44.1 Å². The largest absolute Gasteiger partial charge is 0.274 e. The van der Waals surface area contributed by atoms with Crippen LogP contribution >= 0.6 is 10.9 Å². The lowest BCUT2D eigenvalue weighted by Gasteiger charge is -2.16. The summed E-state index contributed by atoms with van der Waals surface area (Å²) in [5.41, 5.74) is 1.56. The first-order chi connectivity index (χ1) is 9.81. The van der Waals surface area contributed by atoms with Crippen molar-refractivity contribution in [2.24, 2.45) is 0 Å². The van der Waals surface area contributed by atoms with E-state index in [1.54, 1.807) is 0 Å². The van der Waals surface area contributed by atoms with E-state index in [4.69, 9.17) is 0 Å². The molecule has 1 amide bonds. The average molecular weight is 278 g/mol. The number of benzene rings is 2. The number of nitrogens with zero attached hydrogens (tertiary/aromatic N) is 2. The SMILES string of the molecule is N#CC1=S=C(c2ccccc2)C(=O)N1c1ccccc1. The fourth-order valence-corrected chi connectivity index (χ4v) is 2.99. The van der Waals surface area contributed by atoms with Crippen molar-refractivity contribution < 1.29 is 4.79 Å². The lowest BCUT2D eigenvalue weighted by molar-refractivity contribution is -0.111. The van der Waals surface area contributed by atoms with Gasteiger partial charge < -0.3 is 0 Å². The quantitative estimate of drug-likeness (QED) is 0.793. The monoisotopic (exact) mass is 278 g/mol. The van der Waals surface area contributed by atoms with Crippen molar-refractivity contribution >= 4 is 32.4 Å². The molecule has 0 saturated carbocycles. The summed E-state index contributed by atoms with van der Waals surface area (Å²) in [6.07, 6.45) is 0. The molecule has 4 heteroatoms. The first-order valence-corrected chi connectivity index (χ1v) is 6.89. The van der Waals surface area contributed by atoms with Crippen LogP contribution in [0.4, 0.5) is 5.69 Å². The van der Waals surface area contributed by atoms with E-state index in [1.807, 2.05) is 60.7 Å². The summed E-state index contributed by atoms with van der Waals surface area (Å²) < 4.78 is 0. The Balaban J connectivity index is 2.08. The first kappa shape index (κ1) is 12.4. The Morgan fingerprint density at radius 3 is 2.15 bits per heavy atom. The van der Waals surface area contributed by atoms with E-state index in [9.17, 15) is 10.1 Å². The molecule has 3 nitrogen and oxygen atoms in total. The number of carbonyl (C=O) groups excluding carboxylic acids is 1. The van der Waals surface area contributed by atoms with Crippen molar-refractivity contribution in [1.29, 1.82) is 5.26 Å². The van der Waals surface area contributed by atoms with Crippen molar-refractivity contribution in [3.8, 4) is 6.07 Å². The Labute approximate surface area is 120 Å². The second kappa shape index (κ2) is 5.16. The lowest BCUT2D eigenvalue weighted by Crippen LogP contribution is -2.35. The van der Waals surface area contributed by atoms with E-state index in [0.717, 1.165) is 5.56 Å². The Kier molecular flexibility index (Phi) is 3.20. The van der Waals surface area contributed by atoms with Crippen LogP contribution < -0.4 is 4.90 Å². The third kappa shape index (κ3) is 2.04. The smallest absolute Gasteiger partial charge is 0.267 e. The summed E-state index contributed by atoms with van der Waals surface area (Å²) in [4.78, 5) is 15.0. The van der Waals surface area contributed by atoms with Crippen LogP contribution in [0.5, 0.6) is 0 Å². The molecular weight excluding hydrogens is 268 g/mol. The predicted octanol–water partition coefficient (Wildman–Crippen LogP) is 2.64. The third-order valence-electron chi connectivity index (χ3n) is 2.95. The Morgan fingerprint density at radius 2 is 1.55 bits per heavy atom. The van der Waals surface area contributed by atoms with Crippen LogP contribution in [0.2, 0.25) is 0 Å². The number of nitriles is 1. The zero-order valence-electron chi connectivity index (χ0n) is 10.5. The maximum Gasteiger partial charge on any atom is 0.274 e. The zero-order valence-corrected chi connectivity index (χ0v) is 11.3. The van der Waals surface area contributed by atoms with Gasteiger partial charge in [-0.25, -0.2) is 0 Å². The summed E-state index contributed by atoms with van der Waals surface area (Å²) >= 11 is 0. The minimum Gasteiger partial charge on any atom is -0.267 e. The summed E-state index contributed by atoms with van der Waals surface area (Å²) in [6, 6.07) is 20.8. The van der Waals surface area contributed by atoms with Crippen molar-refractivity contribution in [3.05, 3.63) is 66.2 Å². The molecule has 0 unspecified atom stereocenters. The van der Waals surface area contributed by atoms with Crippen LogP contribution in [0.25, 0.3) is 0 Å². The number of hydrogen-bond donors (Lipinski definition) is 0. The van der Waals surface area contributed by atoms with Crippen molar-refractivity contribution in [2.75, 3.05) is 4.90 Å². The highest BCUT2D eigenvalue weighted by atomic mass is 32.1. The van der Waals surface area contributed by atoms with Gasteiger partial charge in [0.05, 0.1) is 5.69 Å². The molecule has 0 N–H and O–H groups in total. The van der Waals surface area contributed by atoms with E-state index in [-0.39, 0.29) is 5.91 Å². The predicted molar refractivity (Wildman–Crippen MR) is 82.7 cm³/mol. The number of hydrogen-bond acceptors (Lipinski definition) is 2. The minimum absolute atomic E-state index is 0.149. The van der Waals surface area contributed by atoms with Gasteiger partial charge in [-0.15, -0.1) is 10.9 Å². The van der Waals surface area contributed by atoms with Gasteiger partial charge in [0.25, 0.3) is 5.91 Å². The number of para-hydroxylation sites is 1. The van der Waals surface area contributed by atoms with Gasteiger partial charge >= 0.3 is 0 Å². The first-order valence-electron chi connectivity index (χ1n) is 6.08. The van der Waals surface area contributed by atoms with Crippen LogP contribution in [0.1, 0.15) is 5.56 Å². The zero-order chi connectivity index (χ0) is 13.9. The van der Waals surface area contributed by atoms with Crippen LogP contribution in [0.15, 0.2) is 60.7 Å². The summed E-state index contributed by atoms with van der Waals surface area (Å²) in [6.45, 7) is 0. The van der Waals surface area contributed by atoms with E-state index in [1.165, 1.54) is 15.8 Å². The van der Waals surface area contributed by atoms with E-state index < -0.39 is 0 Å². The maximum absolute atomic E-state index is 12.6. The molecule has 3 rings (SSSR count). The molecule has 20 heavy (non-hydrogen) atoms. The fourth-order valence-electron chi connectivity index (χ4n) is 2.04. The molecule has 96 valence electrons. The minimum atomic E-state index is -0.149. The Morgan fingerprint density at radius 1 is 0.950 bits per heavy atom. The average Bonchev–Trinajstić information content (AvgIpc) is 2.86. The molecule has 0 radical (unpaired) electrons. The van der Waals surface area contributed by atoms with E-state index >= 15 is 0 Å². The van der Waals surface area contributed by atoms with Crippen LogP contribution in [0.3, 0.4) is 0 Å². The molecular formula is C16H10N2OS. The summed E-state index contributed by atoms with van der Waals surface area (Å²) in [5.74, 6) is -0.149.